The van der Waals surface area contributed by atoms with E-state index in [1.165, 1.54) is 6.20 Å². The number of nitrogens with zero attached hydrogens (tertiary/aromatic N) is 6. The molecule has 1 aliphatic heterocycles. The molecule has 1 fully saturated rings. The van der Waals surface area contributed by atoms with Crippen molar-refractivity contribution >= 4 is 44.2 Å². The van der Waals surface area contributed by atoms with E-state index < -0.39 is 10.0 Å². The Morgan fingerprint density at radius 3 is 2.57 bits per heavy atom. The van der Waals surface area contributed by atoms with Gasteiger partial charge in [-0.05, 0) is 30.3 Å². The van der Waals surface area contributed by atoms with Gasteiger partial charge in [-0.25, -0.2) is 23.4 Å². The first kappa shape index (κ1) is 22.6. The summed E-state index contributed by atoms with van der Waals surface area (Å²) in [5, 5.41) is 4.03. The van der Waals surface area contributed by atoms with Gasteiger partial charge in [-0.2, -0.15) is 0 Å². The Labute approximate surface area is 202 Å². The quantitative estimate of drug-likeness (QED) is 0.398. The van der Waals surface area contributed by atoms with Gasteiger partial charge in [-0.3, -0.25) is 14.7 Å². The molecule has 11 nitrogen and oxygen atoms in total. The number of ether oxygens (including phenoxy) is 1. The van der Waals surface area contributed by atoms with Gasteiger partial charge in [0.15, 0.2) is 0 Å². The molecule has 0 saturated carbocycles. The normalized spacial score (nSPS) is 14.0. The van der Waals surface area contributed by atoms with E-state index in [4.69, 9.17) is 4.74 Å². The van der Waals surface area contributed by atoms with Crippen LogP contribution in [0.5, 0.6) is 0 Å². The summed E-state index contributed by atoms with van der Waals surface area (Å²) in [5.74, 6) is 1.26. The lowest BCUT2D eigenvalue weighted by atomic mass is 10.1. The van der Waals surface area contributed by atoms with Crippen LogP contribution in [0.2, 0.25) is 0 Å². The van der Waals surface area contributed by atoms with Gasteiger partial charge in [0.2, 0.25) is 5.95 Å². The molecule has 0 amide bonds. The zero-order chi connectivity index (χ0) is 24.3. The molecule has 0 aromatic carbocycles. The number of hydrogen-bond acceptors (Lipinski definition) is 10. The number of fused-ring (bicyclic) bond motifs is 1. The Bertz CT molecular complexity index is 1470. The zero-order valence-electron chi connectivity index (χ0n) is 18.6. The molecule has 12 heteroatoms. The molecule has 178 valence electrons. The van der Waals surface area contributed by atoms with Crippen molar-refractivity contribution in [1.82, 2.24) is 24.9 Å². The maximum Gasteiger partial charge on any atom is 0.254 e. The first-order valence-corrected chi connectivity index (χ1v) is 12.3. The fourth-order valence-electron chi connectivity index (χ4n) is 3.62. The number of pyridine rings is 3. The smallest absolute Gasteiger partial charge is 0.254 e. The fraction of sp³-hybridized carbons (Fsp3) is 0.174. The van der Waals surface area contributed by atoms with Crippen molar-refractivity contribution in [2.45, 2.75) is 0 Å². The topological polar surface area (TPSA) is 135 Å². The van der Waals surface area contributed by atoms with Gasteiger partial charge in [0, 0.05) is 36.5 Å². The van der Waals surface area contributed by atoms with E-state index in [9.17, 15) is 8.42 Å². The number of anilines is 4. The zero-order valence-corrected chi connectivity index (χ0v) is 19.4. The standard InChI is InChI=1S/C23H22N8O3S/c1-2-35(32,33)30-16-5-7-24-19(13-16)18-6-8-25-20-15-27-23(29-22(18)20)28-17-3-4-21(26-14-17)31-9-11-34-12-10-31/h2-8,13-15H,1,9-12H2,(H,24,30)(H,27,28,29). The Morgan fingerprint density at radius 2 is 1.80 bits per heavy atom. The summed E-state index contributed by atoms with van der Waals surface area (Å²) in [6.45, 7) is 6.33. The monoisotopic (exact) mass is 490 g/mol. The molecule has 1 aliphatic rings. The van der Waals surface area contributed by atoms with Crippen LogP contribution < -0.4 is 14.9 Å². The molecule has 0 spiro atoms. The van der Waals surface area contributed by atoms with Crippen molar-refractivity contribution in [3.05, 3.63) is 67.1 Å². The van der Waals surface area contributed by atoms with Crippen LogP contribution in [0.15, 0.2) is 67.1 Å². The van der Waals surface area contributed by atoms with E-state index in [1.54, 1.807) is 36.8 Å². The van der Waals surface area contributed by atoms with Crippen molar-refractivity contribution in [3.63, 3.8) is 0 Å². The van der Waals surface area contributed by atoms with Crippen LogP contribution in [0, 0.1) is 0 Å². The molecule has 4 aromatic rings. The van der Waals surface area contributed by atoms with Crippen LogP contribution in [0.1, 0.15) is 0 Å². The van der Waals surface area contributed by atoms with Crippen LogP contribution in [0.3, 0.4) is 0 Å². The van der Waals surface area contributed by atoms with Gasteiger partial charge in [0.1, 0.15) is 16.9 Å². The molecular formula is C23H22N8O3S. The van der Waals surface area contributed by atoms with Gasteiger partial charge in [-0.15, -0.1) is 0 Å². The average Bonchev–Trinajstić information content (AvgIpc) is 2.89. The second kappa shape index (κ2) is 9.60. The first-order chi connectivity index (χ1) is 17.0. The minimum atomic E-state index is -3.64. The predicted octanol–water partition coefficient (Wildman–Crippen LogP) is 2.95. The number of sulfonamides is 1. The van der Waals surface area contributed by atoms with E-state index in [1.807, 2.05) is 12.1 Å². The van der Waals surface area contributed by atoms with E-state index >= 15 is 0 Å². The third-order valence-electron chi connectivity index (χ3n) is 5.33. The highest BCUT2D eigenvalue weighted by atomic mass is 32.2. The highest BCUT2D eigenvalue weighted by Gasteiger charge is 2.14. The lowest BCUT2D eigenvalue weighted by Crippen LogP contribution is -2.36. The van der Waals surface area contributed by atoms with Gasteiger partial charge in [0.05, 0.1) is 42.7 Å². The van der Waals surface area contributed by atoms with Crippen LogP contribution in [0.4, 0.5) is 23.1 Å². The second-order valence-electron chi connectivity index (χ2n) is 7.66. The molecule has 5 heterocycles. The van der Waals surface area contributed by atoms with Crippen LogP contribution in [-0.2, 0) is 14.8 Å². The Balaban J connectivity index is 1.42. The molecule has 0 bridgehead atoms. The summed E-state index contributed by atoms with van der Waals surface area (Å²) in [6.07, 6.45) is 6.50. The van der Waals surface area contributed by atoms with Crippen molar-refractivity contribution in [2.75, 3.05) is 41.2 Å². The van der Waals surface area contributed by atoms with Crippen LogP contribution in [-0.4, -0.2) is 59.6 Å². The molecule has 0 atom stereocenters. The lowest BCUT2D eigenvalue weighted by Gasteiger charge is -2.27. The second-order valence-corrected chi connectivity index (χ2v) is 9.29. The minimum absolute atomic E-state index is 0.360. The third-order valence-corrected chi connectivity index (χ3v) is 6.29. The minimum Gasteiger partial charge on any atom is -0.378 e. The van der Waals surface area contributed by atoms with Gasteiger partial charge < -0.3 is 15.0 Å². The van der Waals surface area contributed by atoms with Gasteiger partial charge in [-0.1, -0.05) is 6.58 Å². The maximum absolute atomic E-state index is 11.9. The molecule has 35 heavy (non-hydrogen) atoms. The molecule has 5 rings (SSSR count). The van der Waals surface area contributed by atoms with Crippen LogP contribution >= 0.6 is 0 Å². The number of morpholine rings is 1. The molecule has 2 N–H and O–H groups in total. The van der Waals surface area contributed by atoms with E-state index in [0.29, 0.717) is 47.1 Å². The summed E-state index contributed by atoms with van der Waals surface area (Å²) in [5.41, 5.74) is 3.46. The van der Waals surface area contributed by atoms with E-state index in [0.717, 1.165) is 30.0 Å². The Hall–Kier alpha value is -4.16. The Kier molecular flexibility index (Phi) is 6.21. The van der Waals surface area contributed by atoms with Gasteiger partial charge >= 0.3 is 0 Å². The summed E-state index contributed by atoms with van der Waals surface area (Å²) in [7, 11) is -3.64. The highest BCUT2D eigenvalue weighted by molar-refractivity contribution is 7.95. The average molecular weight is 491 g/mol. The Morgan fingerprint density at radius 1 is 0.971 bits per heavy atom. The SMILES string of the molecule is C=CS(=O)(=O)Nc1ccnc(-c2ccnc3cnc(Nc4ccc(N5CCOCC5)nc4)nc23)c1. The highest BCUT2D eigenvalue weighted by Crippen LogP contribution is 2.27. The number of aromatic nitrogens is 5. The molecular weight excluding hydrogens is 468 g/mol. The fourth-order valence-corrected chi connectivity index (χ4v) is 4.16. The molecule has 0 unspecified atom stereocenters. The van der Waals surface area contributed by atoms with Crippen molar-refractivity contribution in [3.8, 4) is 11.3 Å². The number of rotatable bonds is 7. The maximum atomic E-state index is 11.9. The summed E-state index contributed by atoms with van der Waals surface area (Å²) >= 11 is 0. The molecule has 0 radical (unpaired) electrons. The molecule has 0 aliphatic carbocycles. The van der Waals surface area contributed by atoms with E-state index in [2.05, 4.69) is 46.4 Å². The van der Waals surface area contributed by atoms with Crippen molar-refractivity contribution in [1.29, 1.82) is 0 Å². The van der Waals surface area contributed by atoms with Gasteiger partial charge in [0.25, 0.3) is 10.0 Å². The number of nitrogens with one attached hydrogen (secondary N) is 2. The molecule has 4 aromatic heterocycles. The van der Waals surface area contributed by atoms with Crippen molar-refractivity contribution < 1.29 is 13.2 Å². The lowest BCUT2D eigenvalue weighted by molar-refractivity contribution is 0.122. The van der Waals surface area contributed by atoms with E-state index in [-0.39, 0.29) is 0 Å². The van der Waals surface area contributed by atoms with Crippen molar-refractivity contribution in [2.24, 2.45) is 0 Å². The number of hydrogen-bond donors (Lipinski definition) is 2. The van der Waals surface area contributed by atoms with Crippen LogP contribution in [0.25, 0.3) is 22.3 Å². The summed E-state index contributed by atoms with van der Waals surface area (Å²) < 4.78 is 31.5. The predicted molar refractivity (Wildman–Crippen MR) is 134 cm³/mol. The molecule has 1 saturated heterocycles. The summed E-state index contributed by atoms with van der Waals surface area (Å²) in [4.78, 5) is 24.5. The first-order valence-electron chi connectivity index (χ1n) is 10.8. The third kappa shape index (κ3) is 5.18. The summed E-state index contributed by atoms with van der Waals surface area (Å²) in [6, 6.07) is 8.82. The largest absolute Gasteiger partial charge is 0.378 e.